The normalized spacial score (nSPS) is 22.9. The molecule has 1 rings (SSSR count). The fourth-order valence-electron chi connectivity index (χ4n) is 1.86. The third-order valence-corrected chi connectivity index (χ3v) is 4.32. The second-order valence-electron chi connectivity index (χ2n) is 3.73. The first kappa shape index (κ1) is 12.9. The molecule has 0 spiro atoms. The lowest BCUT2D eigenvalue weighted by atomic mass is 10.2. The van der Waals surface area contributed by atoms with Crippen molar-refractivity contribution in [1.82, 2.24) is 4.90 Å². The minimum atomic E-state index is -3.08. The third-order valence-electron chi connectivity index (χ3n) is 2.57. The minimum absolute atomic E-state index is 0.0555. The van der Waals surface area contributed by atoms with Gasteiger partial charge in [0.05, 0.1) is 11.5 Å². The van der Waals surface area contributed by atoms with Crippen LogP contribution in [0.25, 0.3) is 0 Å². The average molecular weight is 250 g/mol. The molecule has 8 heteroatoms. The molecule has 0 bridgehead atoms. The zero-order valence-corrected chi connectivity index (χ0v) is 9.77. The SMILES string of the molecule is CCN(C(=O)C[N+](=O)[O-])C1CCS(=O)(=O)C1. The summed E-state index contributed by atoms with van der Waals surface area (Å²) >= 11 is 0. The summed E-state index contributed by atoms with van der Waals surface area (Å²) in [5.41, 5.74) is 0. The van der Waals surface area contributed by atoms with E-state index in [2.05, 4.69) is 0 Å². The van der Waals surface area contributed by atoms with E-state index in [4.69, 9.17) is 0 Å². The highest BCUT2D eigenvalue weighted by molar-refractivity contribution is 7.91. The van der Waals surface area contributed by atoms with Crippen LogP contribution in [-0.2, 0) is 14.6 Å². The zero-order valence-electron chi connectivity index (χ0n) is 8.96. The van der Waals surface area contributed by atoms with E-state index in [-0.39, 0.29) is 11.5 Å². The lowest BCUT2D eigenvalue weighted by Gasteiger charge is -2.25. The van der Waals surface area contributed by atoms with Gasteiger partial charge in [-0.1, -0.05) is 0 Å². The van der Waals surface area contributed by atoms with Crippen LogP contribution in [0.3, 0.4) is 0 Å². The highest BCUT2D eigenvalue weighted by Crippen LogP contribution is 2.17. The molecule has 7 nitrogen and oxygen atoms in total. The summed E-state index contributed by atoms with van der Waals surface area (Å²) in [5.74, 6) is -0.640. The maximum absolute atomic E-state index is 11.5. The number of carbonyl (C=O) groups is 1. The second-order valence-corrected chi connectivity index (χ2v) is 5.96. The summed E-state index contributed by atoms with van der Waals surface area (Å²) < 4.78 is 22.5. The van der Waals surface area contributed by atoms with E-state index in [1.807, 2.05) is 0 Å². The van der Waals surface area contributed by atoms with Gasteiger partial charge in [-0.25, -0.2) is 8.42 Å². The number of hydrogen-bond donors (Lipinski definition) is 0. The van der Waals surface area contributed by atoms with Gasteiger partial charge in [0.25, 0.3) is 12.5 Å². The highest BCUT2D eigenvalue weighted by atomic mass is 32.2. The van der Waals surface area contributed by atoms with Crippen LogP contribution in [-0.4, -0.2) is 54.8 Å². The fourth-order valence-corrected chi connectivity index (χ4v) is 3.59. The Morgan fingerprint density at radius 1 is 1.56 bits per heavy atom. The Bertz CT molecular complexity index is 391. The smallest absolute Gasteiger partial charge is 0.294 e. The third kappa shape index (κ3) is 3.16. The summed E-state index contributed by atoms with van der Waals surface area (Å²) in [6, 6.07) is -0.401. The molecule has 0 radical (unpaired) electrons. The molecule has 0 N–H and O–H groups in total. The van der Waals surface area contributed by atoms with Crippen molar-refractivity contribution >= 4 is 15.7 Å². The molecule has 0 aliphatic carbocycles. The Morgan fingerprint density at radius 3 is 2.56 bits per heavy atom. The number of amides is 1. The maximum atomic E-state index is 11.5. The van der Waals surface area contributed by atoms with E-state index in [9.17, 15) is 23.3 Å². The molecular formula is C8H14N2O5S. The Hall–Kier alpha value is -1.18. The van der Waals surface area contributed by atoms with E-state index in [1.54, 1.807) is 6.92 Å². The predicted octanol–water partition coefficient (Wildman–Crippen LogP) is -0.701. The van der Waals surface area contributed by atoms with Crippen LogP contribution in [0, 0.1) is 10.1 Å². The fraction of sp³-hybridized carbons (Fsp3) is 0.875. The monoisotopic (exact) mass is 250 g/mol. The molecule has 1 heterocycles. The minimum Gasteiger partial charge on any atom is -0.333 e. The average Bonchev–Trinajstić information content (AvgIpc) is 2.46. The molecule has 0 aromatic carbocycles. The van der Waals surface area contributed by atoms with E-state index in [0.717, 1.165) is 0 Å². The molecule has 1 aliphatic rings. The summed E-state index contributed by atoms with van der Waals surface area (Å²) in [6.07, 6.45) is 0.375. The molecular weight excluding hydrogens is 236 g/mol. The molecule has 1 unspecified atom stereocenters. The topological polar surface area (TPSA) is 97.6 Å². The zero-order chi connectivity index (χ0) is 12.3. The number of rotatable bonds is 4. The molecule has 92 valence electrons. The molecule has 1 atom stereocenters. The summed E-state index contributed by atoms with van der Waals surface area (Å²) in [5, 5.41) is 10.2. The van der Waals surface area contributed by atoms with Crippen LogP contribution in [0.4, 0.5) is 0 Å². The van der Waals surface area contributed by atoms with Gasteiger partial charge in [0.2, 0.25) is 0 Å². The van der Waals surface area contributed by atoms with Crippen molar-refractivity contribution < 1.29 is 18.1 Å². The quantitative estimate of drug-likeness (QED) is 0.485. The van der Waals surface area contributed by atoms with Gasteiger partial charge in [0.15, 0.2) is 9.84 Å². The molecule has 1 fully saturated rings. The van der Waals surface area contributed by atoms with Crippen LogP contribution in [0.5, 0.6) is 0 Å². The molecule has 0 saturated carbocycles. The van der Waals surface area contributed by atoms with Gasteiger partial charge in [-0.15, -0.1) is 0 Å². The van der Waals surface area contributed by atoms with Crippen LogP contribution in [0.15, 0.2) is 0 Å². The summed E-state index contributed by atoms with van der Waals surface area (Å²) in [4.78, 5) is 22.3. The molecule has 16 heavy (non-hydrogen) atoms. The van der Waals surface area contributed by atoms with Crippen LogP contribution in [0.2, 0.25) is 0 Å². The van der Waals surface area contributed by atoms with Gasteiger partial charge < -0.3 is 4.90 Å². The molecule has 1 amide bonds. The van der Waals surface area contributed by atoms with E-state index in [0.29, 0.717) is 13.0 Å². The van der Waals surface area contributed by atoms with Gasteiger partial charge in [-0.3, -0.25) is 14.9 Å². The van der Waals surface area contributed by atoms with Gasteiger partial charge in [-0.05, 0) is 13.3 Å². The van der Waals surface area contributed by atoms with E-state index >= 15 is 0 Å². The highest BCUT2D eigenvalue weighted by Gasteiger charge is 2.34. The summed E-state index contributed by atoms with van der Waals surface area (Å²) in [6.45, 7) is 1.21. The first-order valence-electron chi connectivity index (χ1n) is 4.97. The van der Waals surface area contributed by atoms with Crippen LogP contribution < -0.4 is 0 Å². The van der Waals surface area contributed by atoms with Gasteiger partial charge in [-0.2, -0.15) is 0 Å². The first-order valence-corrected chi connectivity index (χ1v) is 6.79. The number of nitro groups is 1. The van der Waals surface area contributed by atoms with Crippen molar-refractivity contribution in [2.45, 2.75) is 19.4 Å². The molecule has 1 saturated heterocycles. The Labute approximate surface area is 93.5 Å². The van der Waals surface area contributed by atoms with Crippen molar-refractivity contribution in [3.05, 3.63) is 10.1 Å². The number of nitrogens with zero attached hydrogens (tertiary/aromatic N) is 2. The van der Waals surface area contributed by atoms with Crippen molar-refractivity contribution in [2.75, 3.05) is 24.6 Å². The van der Waals surface area contributed by atoms with E-state index < -0.39 is 33.3 Å². The van der Waals surface area contributed by atoms with E-state index in [1.165, 1.54) is 4.90 Å². The van der Waals surface area contributed by atoms with Crippen LogP contribution in [0.1, 0.15) is 13.3 Å². The second kappa shape index (κ2) is 4.77. The number of carbonyl (C=O) groups excluding carboxylic acids is 1. The lowest BCUT2D eigenvalue weighted by molar-refractivity contribution is -0.469. The number of sulfone groups is 1. The summed E-state index contributed by atoms with van der Waals surface area (Å²) in [7, 11) is -3.08. The standard InChI is InChI=1S/C8H14N2O5S/c1-2-9(8(11)5-10(12)13)7-3-4-16(14,15)6-7/h7H,2-6H2,1H3. The Morgan fingerprint density at radius 2 is 2.19 bits per heavy atom. The van der Waals surface area contributed by atoms with Crippen molar-refractivity contribution in [2.24, 2.45) is 0 Å². The van der Waals surface area contributed by atoms with Gasteiger partial charge in [0.1, 0.15) is 0 Å². The van der Waals surface area contributed by atoms with Crippen molar-refractivity contribution in [1.29, 1.82) is 0 Å². The molecule has 0 aromatic heterocycles. The van der Waals surface area contributed by atoms with Crippen molar-refractivity contribution in [3.8, 4) is 0 Å². The predicted molar refractivity (Wildman–Crippen MR) is 56.3 cm³/mol. The van der Waals surface area contributed by atoms with Crippen molar-refractivity contribution in [3.63, 3.8) is 0 Å². The Balaban J connectivity index is 2.69. The number of likely N-dealkylation sites (N-methyl/N-ethyl adjacent to an activating group) is 1. The molecule has 0 aromatic rings. The first-order chi connectivity index (χ1) is 7.35. The van der Waals surface area contributed by atoms with Gasteiger partial charge >= 0.3 is 0 Å². The maximum Gasteiger partial charge on any atom is 0.294 e. The largest absolute Gasteiger partial charge is 0.333 e. The van der Waals surface area contributed by atoms with Crippen LogP contribution >= 0.6 is 0 Å². The molecule has 1 aliphatic heterocycles. The Kier molecular flexibility index (Phi) is 3.84. The number of hydrogen-bond acceptors (Lipinski definition) is 5. The van der Waals surface area contributed by atoms with Gasteiger partial charge in [0, 0.05) is 17.5 Å². The lowest BCUT2D eigenvalue weighted by Crippen LogP contribution is -2.43.